The molecule has 1 aromatic carbocycles. The molecule has 0 saturated heterocycles. The Morgan fingerprint density at radius 1 is 1.42 bits per heavy atom. The van der Waals surface area contributed by atoms with Gasteiger partial charge >= 0.3 is 0 Å². The topological polar surface area (TPSA) is 64.4 Å². The number of anilines is 1. The standard InChI is InChI=1S/C12H10Cl2N2O3/c1-7(12(17)15-11-4-5-18-16-11)19-10-3-2-8(13)6-9(10)14/h2-7H,1H3,(H,15,16,17)/t7-/m1/s1. The number of benzene rings is 1. The Bertz CT molecular complexity index is 572. The molecule has 100 valence electrons. The van der Waals surface area contributed by atoms with Gasteiger partial charge in [0.1, 0.15) is 12.0 Å². The first-order valence-electron chi connectivity index (χ1n) is 5.39. The molecule has 1 aromatic heterocycles. The lowest BCUT2D eigenvalue weighted by atomic mass is 10.3. The normalized spacial score (nSPS) is 11.9. The SMILES string of the molecule is C[C@@H](Oc1ccc(Cl)cc1Cl)C(=O)Nc1ccon1. The number of halogens is 2. The number of hydrogen-bond acceptors (Lipinski definition) is 4. The molecule has 5 nitrogen and oxygen atoms in total. The van der Waals surface area contributed by atoms with E-state index in [9.17, 15) is 4.79 Å². The van der Waals surface area contributed by atoms with Gasteiger partial charge < -0.3 is 14.6 Å². The molecule has 1 heterocycles. The van der Waals surface area contributed by atoms with Crippen LogP contribution in [0.25, 0.3) is 0 Å². The van der Waals surface area contributed by atoms with Crippen LogP contribution in [0.5, 0.6) is 5.75 Å². The lowest BCUT2D eigenvalue weighted by molar-refractivity contribution is -0.122. The van der Waals surface area contributed by atoms with Crippen LogP contribution in [0.2, 0.25) is 10.0 Å². The summed E-state index contributed by atoms with van der Waals surface area (Å²) < 4.78 is 10.1. The van der Waals surface area contributed by atoms with E-state index in [-0.39, 0.29) is 5.91 Å². The van der Waals surface area contributed by atoms with Crippen molar-refractivity contribution in [2.45, 2.75) is 13.0 Å². The van der Waals surface area contributed by atoms with Crippen LogP contribution in [-0.2, 0) is 4.79 Å². The van der Waals surface area contributed by atoms with E-state index >= 15 is 0 Å². The van der Waals surface area contributed by atoms with Gasteiger partial charge in [0, 0.05) is 11.1 Å². The second-order valence-corrected chi connectivity index (χ2v) is 4.55. The fourth-order valence-corrected chi connectivity index (χ4v) is 1.77. The van der Waals surface area contributed by atoms with Gasteiger partial charge in [-0.2, -0.15) is 0 Å². The molecule has 1 amide bonds. The summed E-state index contributed by atoms with van der Waals surface area (Å²) in [5, 5.41) is 6.94. The Labute approximate surface area is 119 Å². The zero-order valence-corrected chi connectivity index (χ0v) is 11.4. The maximum Gasteiger partial charge on any atom is 0.266 e. The number of nitrogens with zero attached hydrogens (tertiary/aromatic N) is 1. The third-order valence-electron chi connectivity index (χ3n) is 2.26. The number of amides is 1. The molecule has 0 aliphatic rings. The lowest BCUT2D eigenvalue weighted by Crippen LogP contribution is -2.30. The number of ether oxygens (including phenoxy) is 1. The molecule has 1 N–H and O–H groups in total. The first kappa shape index (κ1) is 13.7. The Hall–Kier alpha value is -1.72. The fourth-order valence-electron chi connectivity index (χ4n) is 1.32. The summed E-state index contributed by atoms with van der Waals surface area (Å²) in [6.07, 6.45) is 0.618. The second-order valence-electron chi connectivity index (χ2n) is 3.71. The Morgan fingerprint density at radius 2 is 2.21 bits per heavy atom. The molecule has 0 saturated carbocycles. The van der Waals surface area contributed by atoms with Crippen molar-refractivity contribution in [2.75, 3.05) is 5.32 Å². The Balaban J connectivity index is 2.00. The smallest absolute Gasteiger partial charge is 0.266 e. The minimum absolute atomic E-state index is 0.322. The third kappa shape index (κ3) is 3.62. The average Bonchev–Trinajstić information content (AvgIpc) is 2.85. The largest absolute Gasteiger partial charge is 0.479 e. The summed E-state index contributed by atoms with van der Waals surface area (Å²) in [5.41, 5.74) is 0. The molecular weight excluding hydrogens is 291 g/mol. The van der Waals surface area contributed by atoms with Crippen LogP contribution in [0.3, 0.4) is 0 Å². The molecule has 0 unspecified atom stereocenters. The molecule has 0 bridgehead atoms. The molecule has 7 heteroatoms. The molecule has 0 fully saturated rings. The van der Waals surface area contributed by atoms with Crippen LogP contribution in [0.1, 0.15) is 6.92 Å². The number of rotatable bonds is 4. The van der Waals surface area contributed by atoms with E-state index in [1.54, 1.807) is 25.1 Å². The maximum atomic E-state index is 11.8. The van der Waals surface area contributed by atoms with Crippen LogP contribution in [0.15, 0.2) is 35.1 Å². The maximum absolute atomic E-state index is 11.8. The number of carbonyl (C=O) groups excluding carboxylic acids is 1. The summed E-state index contributed by atoms with van der Waals surface area (Å²) in [6.45, 7) is 1.60. The number of carbonyl (C=O) groups is 1. The molecule has 0 radical (unpaired) electrons. The molecule has 1 atom stereocenters. The van der Waals surface area contributed by atoms with Crippen molar-refractivity contribution in [3.8, 4) is 5.75 Å². The van der Waals surface area contributed by atoms with Gasteiger partial charge in [-0.05, 0) is 25.1 Å². The van der Waals surface area contributed by atoms with Crippen molar-refractivity contribution in [2.24, 2.45) is 0 Å². The zero-order valence-electron chi connectivity index (χ0n) is 9.89. The van der Waals surface area contributed by atoms with Crippen LogP contribution in [0, 0.1) is 0 Å². The van der Waals surface area contributed by atoms with Gasteiger partial charge in [-0.15, -0.1) is 0 Å². The number of aromatic nitrogens is 1. The van der Waals surface area contributed by atoms with Gasteiger partial charge in [0.2, 0.25) is 0 Å². The highest BCUT2D eigenvalue weighted by Gasteiger charge is 2.17. The first-order valence-corrected chi connectivity index (χ1v) is 6.15. The minimum atomic E-state index is -0.740. The van der Waals surface area contributed by atoms with E-state index in [4.69, 9.17) is 27.9 Å². The minimum Gasteiger partial charge on any atom is -0.479 e. The number of nitrogens with one attached hydrogen (secondary N) is 1. The van der Waals surface area contributed by atoms with Crippen molar-refractivity contribution in [3.05, 3.63) is 40.6 Å². The van der Waals surface area contributed by atoms with Crippen molar-refractivity contribution >= 4 is 34.9 Å². The summed E-state index contributed by atoms with van der Waals surface area (Å²) >= 11 is 11.7. The zero-order chi connectivity index (χ0) is 13.8. The highest BCUT2D eigenvalue weighted by Crippen LogP contribution is 2.28. The van der Waals surface area contributed by atoms with Crippen molar-refractivity contribution < 1.29 is 14.1 Å². The summed E-state index contributed by atoms with van der Waals surface area (Å²) in [4.78, 5) is 11.8. The molecule has 2 aromatic rings. The van der Waals surface area contributed by atoms with Gasteiger partial charge in [0.15, 0.2) is 11.9 Å². The average molecular weight is 301 g/mol. The molecular formula is C12H10Cl2N2O3. The Morgan fingerprint density at radius 3 is 2.84 bits per heavy atom. The van der Waals surface area contributed by atoms with Crippen LogP contribution >= 0.6 is 23.2 Å². The fraction of sp³-hybridized carbons (Fsp3) is 0.167. The highest BCUT2D eigenvalue weighted by atomic mass is 35.5. The van der Waals surface area contributed by atoms with Gasteiger partial charge in [0.25, 0.3) is 5.91 Å². The van der Waals surface area contributed by atoms with E-state index < -0.39 is 6.10 Å². The monoisotopic (exact) mass is 300 g/mol. The predicted octanol–water partition coefficient (Wildman–Crippen LogP) is 3.39. The van der Waals surface area contributed by atoms with E-state index in [2.05, 4.69) is 15.0 Å². The molecule has 0 spiro atoms. The molecule has 2 rings (SSSR count). The van der Waals surface area contributed by atoms with Gasteiger partial charge in [-0.1, -0.05) is 28.4 Å². The third-order valence-corrected chi connectivity index (χ3v) is 2.79. The van der Waals surface area contributed by atoms with Gasteiger partial charge in [0.05, 0.1) is 5.02 Å². The van der Waals surface area contributed by atoms with Crippen molar-refractivity contribution in [1.29, 1.82) is 0 Å². The Kier molecular flexibility index (Phi) is 4.29. The quantitative estimate of drug-likeness (QED) is 0.940. The van der Waals surface area contributed by atoms with Crippen LogP contribution < -0.4 is 10.1 Å². The van der Waals surface area contributed by atoms with Crippen LogP contribution in [0.4, 0.5) is 5.82 Å². The van der Waals surface area contributed by atoms with Crippen LogP contribution in [-0.4, -0.2) is 17.2 Å². The highest BCUT2D eigenvalue weighted by molar-refractivity contribution is 6.35. The van der Waals surface area contributed by atoms with Crippen molar-refractivity contribution in [1.82, 2.24) is 5.16 Å². The van der Waals surface area contributed by atoms with Gasteiger partial charge in [-0.25, -0.2) is 0 Å². The summed E-state index contributed by atoms with van der Waals surface area (Å²) in [6, 6.07) is 6.30. The van der Waals surface area contributed by atoms with Gasteiger partial charge in [-0.3, -0.25) is 4.79 Å². The molecule has 0 aliphatic carbocycles. The summed E-state index contributed by atoms with van der Waals surface area (Å²) in [5.74, 6) is 0.344. The number of hydrogen-bond donors (Lipinski definition) is 1. The predicted molar refractivity (Wildman–Crippen MR) is 71.7 cm³/mol. The second kappa shape index (κ2) is 5.95. The van der Waals surface area contributed by atoms with E-state index in [1.165, 1.54) is 12.3 Å². The molecule has 19 heavy (non-hydrogen) atoms. The molecule has 0 aliphatic heterocycles. The van der Waals surface area contributed by atoms with E-state index in [0.717, 1.165) is 0 Å². The van der Waals surface area contributed by atoms with E-state index in [0.29, 0.717) is 21.6 Å². The summed E-state index contributed by atoms with van der Waals surface area (Å²) in [7, 11) is 0. The van der Waals surface area contributed by atoms with E-state index in [1.807, 2.05) is 0 Å². The first-order chi connectivity index (χ1) is 9.06. The lowest BCUT2D eigenvalue weighted by Gasteiger charge is -2.14. The van der Waals surface area contributed by atoms with Crippen molar-refractivity contribution in [3.63, 3.8) is 0 Å².